The second-order valence-corrected chi connectivity index (χ2v) is 5.03. The molecule has 2 aliphatic rings. The van der Waals surface area contributed by atoms with Crippen molar-refractivity contribution in [1.82, 2.24) is 10.6 Å². The Hall–Kier alpha value is -0.570. The predicted octanol–water partition coefficient (Wildman–Crippen LogP) is 1.43. The van der Waals surface area contributed by atoms with Crippen LogP contribution in [-0.4, -0.2) is 24.5 Å². The first-order chi connectivity index (χ1) is 7.28. The Morgan fingerprint density at radius 3 is 2.60 bits per heavy atom. The largest absolute Gasteiger partial charge is 0.356 e. The highest BCUT2D eigenvalue weighted by Crippen LogP contribution is 2.32. The standard InChI is InChI=1S/C12H22N2O/c1-2-5-13-12(15)8-9-6-10-3-4-11(7-9)14-10/h9-11,14H,2-8H2,1H3,(H,13,15). The van der Waals surface area contributed by atoms with E-state index in [1.54, 1.807) is 0 Å². The Kier molecular flexibility index (Phi) is 3.62. The Labute approximate surface area is 92.0 Å². The molecular formula is C12H22N2O. The van der Waals surface area contributed by atoms with Crippen molar-refractivity contribution < 1.29 is 4.79 Å². The molecule has 0 spiro atoms. The van der Waals surface area contributed by atoms with Crippen molar-refractivity contribution in [2.45, 2.75) is 57.5 Å². The molecule has 0 aromatic rings. The molecule has 2 unspecified atom stereocenters. The number of carbonyl (C=O) groups is 1. The van der Waals surface area contributed by atoms with Crippen LogP contribution in [0, 0.1) is 5.92 Å². The zero-order valence-corrected chi connectivity index (χ0v) is 9.59. The molecule has 3 heteroatoms. The summed E-state index contributed by atoms with van der Waals surface area (Å²) in [5.74, 6) is 0.878. The van der Waals surface area contributed by atoms with Crippen molar-refractivity contribution >= 4 is 5.91 Å². The number of amides is 1. The van der Waals surface area contributed by atoms with Gasteiger partial charge in [0.15, 0.2) is 0 Å². The zero-order valence-electron chi connectivity index (χ0n) is 9.59. The van der Waals surface area contributed by atoms with Crippen LogP contribution in [0.1, 0.15) is 45.4 Å². The van der Waals surface area contributed by atoms with Gasteiger partial charge in [-0.05, 0) is 38.0 Å². The minimum absolute atomic E-state index is 0.253. The fourth-order valence-electron chi connectivity index (χ4n) is 2.94. The zero-order chi connectivity index (χ0) is 10.7. The first-order valence-electron chi connectivity index (χ1n) is 6.30. The Morgan fingerprint density at radius 1 is 1.33 bits per heavy atom. The molecule has 0 aromatic heterocycles. The van der Waals surface area contributed by atoms with Gasteiger partial charge in [-0.25, -0.2) is 0 Å². The van der Waals surface area contributed by atoms with Crippen LogP contribution in [0.4, 0.5) is 0 Å². The maximum absolute atomic E-state index is 11.6. The minimum atomic E-state index is 0.253. The molecule has 2 saturated heterocycles. The van der Waals surface area contributed by atoms with E-state index in [1.807, 2.05) is 0 Å². The van der Waals surface area contributed by atoms with Crippen molar-refractivity contribution in [1.29, 1.82) is 0 Å². The highest BCUT2D eigenvalue weighted by Gasteiger charge is 2.33. The Balaban J connectivity index is 1.73. The molecule has 2 fully saturated rings. The van der Waals surface area contributed by atoms with E-state index in [0.29, 0.717) is 18.0 Å². The van der Waals surface area contributed by atoms with Crippen LogP contribution in [0.25, 0.3) is 0 Å². The van der Waals surface area contributed by atoms with Gasteiger partial charge in [-0.2, -0.15) is 0 Å². The van der Waals surface area contributed by atoms with E-state index in [9.17, 15) is 4.79 Å². The number of hydrogen-bond acceptors (Lipinski definition) is 2. The van der Waals surface area contributed by atoms with Crippen LogP contribution >= 0.6 is 0 Å². The van der Waals surface area contributed by atoms with Gasteiger partial charge < -0.3 is 10.6 Å². The first-order valence-corrected chi connectivity index (χ1v) is 6.30. The van der Waals surface area contributed by atoms with Gasteiger partial charge in [0.25, 0.3) is 0 Å². The van der Waals surface area contributed by atoms with E-state index in [2.05, 4.69) is 17.6 Å². The average molecular weight is 210 g/mol. The number of rotatable bonds is 4. The molecular weight excluding hydrogens is 188 g/mol. The average Bonchev–Trinajstić information content (AvgIpc) is 2.55. The van der Waals surface area contributed by atoms with E-state index >= 15 is 0 Å². The molecule has 2 N–H and O–H groups in total. The molecule has 0 radical (unpaired) electrons. The highest BCUT2D eigenvalue weighted by molar-refractivity contribution is 5.76. The summed E-state index contributed by atoms with van der Waals surface area (Å²) in [7, 11) is 0. The number of carbonyl (C=O) groups excluding carboxylic acids is 1. The van der Waals surface area contributed by atoms with Crippen LogP contribution < -0.4 is 10.6 Å². The van der Waals surface area contributed by atoms with Gasteiger partial charge in [-0.3, -0.25) is 4.79 Å². The van der Waals surface area contributed by atoms with Gasteiger partial charge in [-0.15, -0.1) is 0 Å². The maximum Gasteiger partial charge on any atom is 0.220 e. The van der Waals surface area contributed by atoms with Gasteiger partial charge >= 0.3 is 0 Å². The summed E-state index contributed by atoms with van der Waals surface area (Å²) in [5, 5.41) is 6.58. The normalized spacial score (nSPS) is 34.1. The summed E-state index contributed by atoms with van der Waals surface area (Å²) >= 11 is 0. The molecule has 2 atom stereocenters. The highest BCUT2D eigenvalue weighted by atomic mass is 16.1. The maximum atomic E-state index is 11.6. The van der Waals surface area contributed by atoms with Gasteiger partial charge in [0, 0.05) is 25.0 Å². The van der Waals surface area contributed by atoms with E-state index in [-0.39, 0.29) is 5.91 Å². The number of fused-ring (bicyclic) bond motifs is 2. The molecule has 1 amide bonds. The number of hydrogen-bond donors (Lipinski definition) is 2. The molecule has 3 nitrogen and oxygen atoms in total. The summed E-state index contributed by atoms with van der Waals surface area (Å²) in [6.07, 6.45) is 6.82. The molecule has 2 heterocycles. The third kappa shape index (κ3) is 2.94. The molecule has 86 valence electrons. The lowest BCUT2D eigenvalue weighted by Crippen LogP contribution is -2.39. The summed E-state index contributed by atoms with van der Waals surface area (Å²) in [5.41, 5.74) is 0. The van der Waals surface area contributed by atoms with Crippen LogP contribution in [0.15, 0.2) is 0 Å². The monoisotopic (exact) mass is 210 g/mol. The predicted molar refractivity (Wildman–Crippen MR) is 60.6 cm³/mol. The number of piperidine rings is 1. The fraction of sp³-hybridized carbons (Fsp3) is 0.917. The quantitative estimate of drug-likeness (QED) is 0.737. The molecule has 15 heavy (non-hydrogen) atoms. The summed E-state index contributed by atoms with van der Waals surface area (Å²) in [6.45, 7) is 2.92. The first kappa shape index (κ1) is 10.9. The van der Waals surface area contributed by atoms with E-state index in [1.165, 1.54) is 25.7 Å². The van der Waals surface area contributed by atoms with Crippen LogP contribution in [0.2, 0.25) is 0 Å². The summed E-state index contributed by atoms with van der Waals surface area (Å²) < 4.78 is 0. The molecule has 2 bridgehead atoms. The van der Waals surface area contributed by atoms with E-state index < -0.39 is 0 Å². The summed E-state index contributed by atoms with van der Waals surface area (Å²) in [4.78, 5) is 11.6. The third-order valence-corrected chi connectivity index (χ3v) is 3.62. The van der Waals surface area contributed by atoms with Crippen molar-refractivity contribution in [2.75, 3.05) is 6.54 Å². The van der Waals surface area contributed by atoms with Crippen molar-refractivity contribution in [3.8, 4) is 0 Å². The van der Waals surface area contributed by atoms with Gasteiger partial charge in [0.1, 0.15) is 0 Å². The van der Waals surface area contributed by atoms with Crippen LogP contribution in [0.3, 0.4) is 0 Å². The molecule has 2 aliphatic heterocycles. The lowest BCUT2D eigenvalue weighted by Gasteiger charge is -2.28. The third-order valence-electron chi connectivity index (χ3n) is 3.62. The topological polar surface area (TPSA) is 41.1 Å². The molecule has 2 rings (SSSR count). The van der Waals surface area contributed by atoms with Crippen molar-refractivity contribution in [2.24, 2.45) is 5.92 Å². The number of nitrogens with one attached hydrogen (secondary N) is 2. The van der Waals surface area contributed by atoms with E-state index in [4.69, 9.17) is 0 Å². The second-order valence-electron chi connectivity index (χ2n) is 5.03. The lowest BCUT2D eigenvalue weighted by molar-refractivity contribution is -0.122. The summed E-state index contributed by atoms with van der Waals surface area (Å²) in [6, 6.07) is 1.40. The fourth-order valence-corrected chi connectivity index (χ4v) is 2.94. The Morgan fingerprint density at radius 2 is 2.00 bits per heavy atom. The van der Waals surface area contributed by atoms with Crippen LogP contribution in [0.5, 0.6) is 0 Å². The molecule has 0 saturated carbocycles. The van der Waals surface area contributed by atoms with Gasteiger partial charge in [0.2, 0.25) is 5.91 Å². The smallest absolute Gasteiger partial charge is 0.220 e. The Bertz CT molecular complexity index is 218. The van der Waals surface area contributed by atoms with Gasteiger partial charge in [-0.1, -0.05) is 6.92 Å². The lowest BCUT2D eigenvalue weighted by atomic mass is 9.89. The van der Waals surface area contributed by atoms with Crippen molar-refractivity contribution in [3.05, 3.63) is 0 Å². The van der Waals surface area contributed by atoms with E-state index in [0.717, 1.165) is 19.4 Å². The SMILES string of the molecule is CCCNC(=O)CC1CC2CCC(C1)N2. The van der Waals surface area contributed by atoms with Crippen LogP contribution in [-0.2, 0) is 4.79 Å². The second kappa shape index (κ2) is 4.97. The minimum Gasteiger partial charge on any atom is -0.356 e. The molecule has 0 aromatic carbocycles. The molecule has 0 aliphatic carbocycles. The van der Waals surface area contributed by atoms with Gasteiger partial charge in [0.05, 0.1) is 0 Å². The van der Waals surface area contributed by atoms with Crippen molar-refractivity contribution in [3.63, 3.8) is 0 Å².